The molecule has 1 atom stereocenters. The van der Waals surface area contributed by atoms with E-state index in [1.165, 1.54) is 12.1 Å². The number of allylic oxidation sites excluding steroid dienone is 2. The SMILES string of the molecule is Fc1ccc(C2C=CC=CO2)cc1. The minimum atomic E-state index is -0.223. The molecule has 0 radical (unpaired) electrons. The van der Waals surface area contributed by atoms with Gasteiger partial charge in [0.15, 0.2) is 0 Å². The zero-order chi connectivity index (χ0) is 9.10. The summed E-state index contributed by atoms with van der Waals surface area (Å²) in [6, 6.07) is 6.32. The van der Waals surface area contributed by atoms with Crippen molar-refractivity contribution >= 4 is 0 Å². The Morgan fingerprint density at radius 3 is 2.46 bits per heavy atom. The largest absolute Gasteiger partial charge is 0.489 e. The van der Waals surface area contributed by atoms with Crippen LogP contribution in [0.2, 0.25) is 0 Å². The quantitative estimate of drug-likeness (QED) is 0.639. The van der Waals surface area contributed by atoms with Crippen LogP contribution in [-0.4, -0.2) is 0 Å². The molecule has 1 aromatic carbocycles. The Kier molecular flexibility index (Phi) is 2.13. The Labute approximate surface area is 76.2 Å². The lowest BCUT2D eigenvalue weighted by Gasteiger charge is -2.14. The topological polar surface area (TPSA) is 9.23 Å². The average Bonchev–Trinajstić information content (AvgIpc) is 2.20. The van der Waals surface area contributed by atoms with Gasteiger partial charge in [-0.25, -0.2) is 4.39 Å². The van der Waals surface area contributed by atoms with Gasteiger partial charge < -0.3 is 4.74 Å². The normalized spacial score (nSPS) is 19.9. The molecule has 1 heterocycles. The van der Waals surface area contributed by atoms with E-state index in [1.54, 1.807) is 18.4 Å². The van der Waals surface area contributed by atoms with Gasteiger partial charge in [-0.15, -0.1) is 0 Å². The van der Waals surface area contributed by atoms with Crippen molar-refractivity contribution in [1.82, 2.24) is 0 Å². The molecule has 0 spiro atoms. The second-order valence-corrected chi connectivity index (χ2v) is 2.82. The second kappa shape index (κ2) is 3.44. The van der Waals surface area contributed by atoms with Crippen molar-refractivity contribution in [1.29, 1.82) is 0 Å². The summed E-state index contributed by atoms with van der Waals surface area (Å²) < 4.78 is 17.9. The molecule has 66 valence electrons. The molecule has 0 bridgehead atoms. The first-order valence-corrected chi connectivity index (χ1v) is 4.10. The van der Waals surface area contributed by atoms with Crippen LogP contribution in [0.15, 0.2) is 48.8 Å². The molecule has 13 heavy (non-hydrogen) atoms. The molecular formula is C11H9FO. The van der Waals surface area contributed by atoms with Crippen molar-refractivity contribution in [3.05, 3.63) is 60.1 Å². The zero-order valence-corrected chi connectivity index (χ0v) is 6.98. The van der Waals surface area contributed by atoms with Crippen LogP contribution in [-0.2, 0) is 4.74 Å². The first kappa shape index (κ1) is 8.05. The standard InChI is InChI=1S/C11H9FO/c12-10-6-4-9(5-7-10)11-3-1-2-8-13-11/h1-8,11H. The van der Waals surface area contributed by atoms with Crippen molar-refractivity contribution in [2.45, 2.75) is 6.10 Å². The number of hydrogen-bond acceptors (Lipinski definition) is 1. The van der Waals surface area contributed by atoms with Crippen molar-refractivity contribution in [2.24, 2.45) is 0 Å². The molecule has 1 aliphatic heterocycles. The molecule has 1 unspecified atom stereocenters. The van der Waals surface area contributed by atoms with Crippen LogP contribution in [0.5, 0.6) is 0 Å². The van der Waals surface area contributed by atoms with E-state index < -0.39 is 0 Å². The van der Waals surface area contributed by atoms with Gasteiger partial charge in [-0.1, -0.05) is 18.2 Å². The van der Waals surface area contributed by atoms with Gasteiger partial charge in [-0.2, -0.15) is 0 Å². The second-order valence-electron chi connectivity index (χ2n) is 2.82. The highest BCUT2D eigenvalue weighted by Gasteiger charge is 2.08. The minimum Gasteiger partial charge on any atom is -0.489 e. The van der Waals surface area contributed by atoms with Gasteiger partial charge in [0.2, 0.25) is 0 Å². The van der Waals surface area contributed by atoms with E-state index in [1.807, 2.05) is 18.2 Å². The minimum absolute atomic E-state index is 0.0781. The summed E-state index contributed by atoms with van der Waals surface area (Å²) in [7, 11) is 0. The Bertz CT molecular complexity index is 338. The third-order valence-electron chi connectivity index (χ3n) is 1.90. The highest BCUT2D eigenvalue weighted by molar-refractivity contribution is 5.24. The van der Waals surface area contributed by atoms with E-state index in [4.69, 9.17) is 4.74 Å². The average molecular weight is 176 g/mol. The Morgan fingerprint density at radius 2 is 1.85 bits per heavy atom. The Balaban J connectivity index is 2.21. The smallest absolute Gasteiger partial charge is 0.141 e. The van der Waals surface area contributed by atoms with Gasteiger partial charge in [0.05, 0.1) is 6.26 Å². The first-order valence-electron chi connectivity index (χ1n) is 4.10. The lowest BCUT2D eigenvalue weighted by molar-refractivity contribution is 0.186. The lowest BCUT2D eigenvalue weighted by Crippen LogP contribution is -1.98. The summed E-state index contributed by atoms with van der Waals surface area (Å²) in [5.74, 6) is -0.223. The van der Waals surface area contributed by atoms with Gasteiger partial charge in [0, 0.05) is 0 Å². The third kappa shape index (κ3) is 1.78. The molecule has 0 saturated heterocycles. The van der Waals surface area contributed by atoms with Gasteiger partial charge in [0.1, 0.15) is 11.9 Å². The fourth-order valence-corrected chi connectivity index (χ4v) is 1.23. The maximum absolute atomic E-state index is 12.6. The summed E-state index contributed by atoms with van der Waals surface area (Å²) >= 11 is 0. The molecule has 1 aromatic rings. The summed E-state index contributed by atoms with van der Waals surface area (Å²) in [5, 5.41) is 0. The fraction of sp³-hybridized carbons (Fsp3) is 0.0909. The Hall–Kier alpha value is -1.57. The molecule has 0 fully saturated rings. The van der Waals surface area contributed by atoms with E-state index in [0.29, 0.717) is 0 Å². The van der Waals surface area contributed by atoms with E-state index in [0.717, 1.165) is 5.56 Å². The molecule has 0 amide bonds. The van der Waals surface area contributed by atoms with Crippen LogP contribution in [0.4, 0.5) is 4.39 Å². The van der Waals surface area contributed by atoms with E-state index in [2.05, 4.69) is 0 Å². The van der Waals surface area contributed by atoms with Crippen LogP contribution in [0.1, 0.15) is 11.7 Å². The number of halogens is 1. The highest BCUT2D eigenvalue weighted by atomic mass is 19.1. The molecule has 0 aromatic heterocycles. The van der Waals surface area contributed by atoms with Crippen molar-refractivity contribution in [3.63, 3.8) is 0 Å². The van der Waals surface area contributed by atoms with Crippen molar-refractivity contribution < 1.29 is 9.13 Å². The molecule has 2 heteroatoms. The number of benzene rings is 1. The van der Waals surface area contributed by atoms with Crippen molar-refractivity contribution in [2.75, 3.05) is 0 Å². The molecule has 2 rings (SSSR count). The Morgan fingerprint density at radius 1 is 1.08 bits per heavy atom. The highest BCUT2D eigenvalue weighted by Crippen LogP contribution is 2.21. The molecule has 1 aliphatic rings. The van der Waals surface area contributed by atoms with Crippen LogP contribution in [0.3, 0.4) is 0 Å². The third-order valence-corrected chi connectivity index (χ3v) is 1.90. The monoisotopic (exact) mass is 176 g/mol. The van der Waals surface area contributed by atoms with Crippen LogP contribution in [0, 0.1) is 5.82 Å². The molecule has 0 saturated carbocycles. The number of hydrogen-bond donors (Lipinski definition) is 0. The molecule has 0 aliphatic carbocycles. The van der Waals surface area contributed by atoms with Crippen LogP contribution >= 0.6 is 0 Å². The van der Waals surface area contributed by atoms with E-state index in [9.17, 15) is 4.39 Å². The number of ether oxygens (including phenoxy) is 1. The maximum atomic E-state index is 12.6. The summed E-state index contributed by atoms with van der Waals surface area (Å²) in [6.45, 7) is 0. The van der Waals surface area contributed by atoms with E-state index in [-0.39, 0.29) is 11.9 Å². The molecular weight excluding hydrogens is 167 g/mol. The predicted molar refractivity (Wildman–Crippen MR) is 48.5 cm³/mol. The molecule has 0 N–H and O–H groups in total. The predicted octanol–water partition coefficient (Wildman–Crippen LogP) is 2.97. The van der Waals surface area contributed by atoms with Gasteiger partial charge in [-0.05, 0) is 29.8 Å². The summed E-state index contributed by atoms with van der Waals surface area (Å²) in [5.41, 5.74) is 0.960. The maximum Gasteiger partial charge on any atom is 0.141 e. The van der Waals surface area contributed by atoms with Crippen LogP contribution < -0.4 is 0 Å². The summed E-state index contributed by atoms with van der Waals surface area (Å²) in [6.07, 6.45) is 7.21. The van der Waals surface area contributed by atoms with Crippen LogP contribution in [0.25, 0.3) is 0 Å². The van der Waals surface area contributed by atoms with E-state index >= 15 is 0 Å². The van der Waals surface area contributed by atoms with Gasteiger partial charge >= 0.3 is 0 Å². The number of rotatable bonds is 1. The zero-order valence-electron chi connectivity index (χ0n) is 6.98. The van der Waals surface area contributed by atoms with Gasteiger partial charge in [0.25, 0.3) is 0 Å². The van der Waals surface area contributed by atoms with Gasteiger partial charge in [-0.3, -0.25) is 0 Å². The lowest BCUT2D eigenvalue weighted by atomic mass is 10.1. The fourth-order valence-electron chi connectivity index (χ4n) is 1.23. The summed E-state index contributed by atoms with van der Waals surface area (Å²) in [4.78, 5) is 0. The first-order chi connectivity index (χ1) is 6.36. The molecule has 1 nitrogen and oxygen atoms in total. The van der Waals surface area contributed by atoms with Crippen molar-refractivity contribution in [3.8, 4) is 0 Å².